The molecule has 0 saturated carbocycles. The quantitative estimate of drug-likeness (QED) is 0.778. The van der Waals surface area contributed by atoms with Gasteiger partial charge in [-0.15, -0.1) is 5.10 Å². The molecule has 0 fully saturated rings. The van der Waals surface area contributed by atoms with Gasteiger partial charge in [-0.1, -0.05) is 23.4 Å². The van der Waals surface area contributed by atoms with Gasteiger partial charge in [0.25, 0.3) is 5.56 Å². The van der Waals surface area contributed by atoms with Gasteiger partial charge in [-0.2, -0.15) is 4.68 Å². The van der Waals surface area contributed by atoms with Crippen LogP contribution in [0.3, 0.4) is 0 Å². The average Bonchev–Trinajstić information content (AvgIpc) is 2.60. The molecule has 0 bridgehead atoms. The van der Waals surface area contributed by atoms with E-state index in [-0.39, 0.29) is 11.5 Å². The molecule has 2 aromatic heterocycles. The summed E-state index contributed by atoms with van der Waals surface area (Å²) in [6.45, 7) is 1.90. The van der Waals surface area contributed by atoms with E-state index in [2.05, 4.69) is 20.6 Å². The highest BCUT2D eigenvalue weighted by atomic mass is 16.2. The van der Waals surface area contributed by atoms with Crippen molar-refractivity contribution in [3.8, 4) is 0 Å². The molecule has 1 N–H and O–H groups in total. The maximum absolute atomic E-state index is 12.4. The van der Waals surface area contributed by atoms with E-state index in [1.54, 1.807) is 43.5 Å². The van der Waals surface area contributed by atoms with Crippen molar-refractivity contribution in [2.45, 2.75) is 19.5 Å². The third-order valence-electron chi connectivity index (χ3n) is 3.51. The van der Waals surface area contributed by atoms with Crippen LogP contribution in [-0.4, -0.2) is 25.9 Å². The number of rotatable bonds is 4. The van der Waals surface area contributed by atoms with Crippen LogP contribution in [0.2, 0.25) is 0 Å². The molecule has 0 saturated heterocycles. The lowest BCUT2D eigenvalue weighted by Gasteiger charge is -2.13. The Hall–Kier alpha value is -3.09. The van der Waals surface area contributed by atoms with E-state index in [0.29, 0.717) is 17.4 Å². The van der Waals surface area contributed by atoms with Crippen LogP contribution >= 0.6 is 0 Å². The molecular formula is C16H15N5O2. The summed E-state index contributed by atoms with van der Waals surface area (Å²) in [7, 11) is 0. The Morgan fingerprint density at radius 3 is 2.78 bits per heavy atom. The van der Waals surface area contributed by atoms with Crippen molar-refractivity contribution in [3.05, 3.63) is 64.7 Å². The number of fused-ring (bicyclic) bond motifs is 1. The number of nitrogens with one attached hydrogen (secondary N) is 1. The maximum atomic E-state index is 12.4. The molecule has 0 aliphatic rings. The highest BCUT2D eigenvalue weighted by Gasteiger charge is 2.18. The van der Waals surface area contributed by atoms with E-state index in [1.807, 2.05) is 12.1 Å². The molecule has 0 aliphatic heterocycles. The lowest BCUT2D eigenvalue weighted by atomic mass is 10.2. The van der Waals surface area contributed by atoms with Gasteiger partial charge in [0.1, 0.15) is 11.6 Å². The monoisotopic (exact) mass is 309 g/mol. The van der Waals surface area contributed by atoms with Crippen LogP contribution in [0.15, 0.2) is 53.5 Å². The van der Waals surface area contributed by atoms with Crippen molar-refractivity contribution >= 4 is 16.8 Å². The average molecular weight is 309 g/mol. The van der Waals surface area contributed by atoms with E-state index in [4.69, 9.17) is 0 Å². The summed E-state index contributed by atoms with van der Waals surface area (Å²) in [5.74, 6) is -0.317. The van der Waals surface area contributed by atoms with Crippen molar-refractivity contribution in [2.24, 2.45) is 0 Å². The molecule has 2 heterocycles. The van der Waals surface area contributed by atoms with E-state index < -0.39 is 6.04 Å². The molecular weight excluding hydrogens is 294 g/mol. The van der Waals surface area contributed by atoms with Crippen LogP contribution in [0.1, 0.15) is 18.7 Å². The van der Waals surface area contributed by atoms with Crippen LogP contribution < -0.4 is 10.9 Å². The molecule has 3 aromatic rings. The Kier molecular flexibility index (Phi) is 4.09. The number of aromatic nitrogens is 4. The second-order valence-corrected chi connectivity index (χ2v) is 5.07. The molecule has 23 heavy (non-hydrogen) atoms. The van der Waals surface area contributed by atoms with Crippen LogP contribution in [0, 0.1) is 0 Å². The number of nitrogens with zero attached hydrogens (tertiary/aromatic N) is 4. The molecule has 7 nitrogen and oxygen atoms in total. The van der Waals surface area contributed by atoms with Gasteiger partial charge in [0.2, 0.25) is 5.91 Å². The van der Waals surface area contributed by atoms with E-state index in [0.717, 1.165) is 10.4 Å². The molecule has 1 atom stereocenters. The molecule has 0 unspecified atom stereocenters. The third kappa shape index (κ3) is 3.08. The summed E-state index contributed by atoms with van der Waals surface area (Å²) in [5.41, 5.74) is 0.913. The van der Waals surface area contributed by atoms with E-state index >= 15 is 0 Å². The molecule has 0 aliphatic carbocycles. The van der Waals surface area contributed by atoms with Crippen LogP contribution in [-0.2, 0) is 11.3 Å². The fourth-order valence-corrected chi connectivity index (χ4v) is 2.19. The topological polar surface area (TPSA) is 89.8 Å². The molecule has 3 rings (SSSR count). The third-order valence-corrected chi connectivity index (χ3v) is 3.51. The lowest BCUT2D eigenvalue weighted by Crippen LogP contribution is -2.37. The number of hydrogen-bond donors (Lipinski definition) is 1. The minimum Gasteiger partial charge on any atom is -0.349 e. The van der Waals surface area contributed by atoms with Crippen LogP contribution in [0.25, 0.3) is 10.9 Å². The van der Waals surface area contributed by atoms with Gasteiger partial charge < -0.3 is 5.32 Å². The fraction of sp³-hybridized carbons (Fsp3) is 0.188. The first kappa shape index (κ1) is 14.8. The zero-order chi connectivity index (χ0) is 16.2. The maximum Gasteiger partial charge on any atom is 0.278 e. The Morgan fingerprint density at radius 2 is 2.00 bits per heavy atom. The summed E-state index contributed by atoms with van der Waals surface area (Å²) in [6, 6.07) is 11.6. The number of carbonyl (C=O) groups is 1. The molecule has 1 aromatic carbocycles. The number of hydrogen-bond acceptors (Lipinski definition) is 5. The highest BCUT2D eigenvalue weighted by molar-refractivity contribution is 5.81. The van der Waals surface area contributed by atoms with E-state index in [1.165, 1.54) is 0 Å². The molecule has 0 radical (unpaired) electrons. The smallest absolute Gasteiger partial charge is 0.278 e. The van der Waals surface area contributed by atoms with Crippen molar-refractivity contribution < 1.29 is 4.79 Å². The van der Waals surface area contributed by atoms with Crippen molar-refractivity contribution in [3.63, 3.8) is 0 Å². The van der Waals surface area contributed by atoms with Gasteiger partial charge in [-0.25, -0.2) is 0 Å². The Morgan fingerprint density at radius 1 is 1.22 bits per heavy atom. The first-order valence-corrected chi connectivity index (χ1v) is 7.18. The first-order valence-electron chi connectivity index (χ1n) is 7.18. The first-order chi connectivity index (χ1) is 11.2. The molecule has 116 valence electrons. The van der Waals surface area contributed by atoms with Gasteiger partial charge in [-0.3, -0.25) is 14.6 Å². The number of amides is 1. The second-order valence-electron chi connectivity index (χ2n) is 5.07. The normalized spacial score (nSPS) is 12.0. The van der Waals surface area contributed by atoms with Gasteiger partial charge in [-0.05, 0) is 31.2 Å². The van der Waals surface area contributed by atoms with Gasteiger partial charge in [0, 0.05) is 6.20 Å². The fourth-order valence-electron chi connectivity index (χ4n) is 2.19. The molecule has 1 amide bonds. The van der Waals surface area contributed by atoms with Crippen LogP contribution in [0.4, 0.5) is 0 Å². The Bertz CT molecular complexity index is 892. The zero-order valence-electron chi connectivity index (χ0n) is 12.5. The number of carbonyl (C=O) groups excluding carboxylic acids is 1. The SMILES string of the molecule is C[C@H](C(=O)NCc1ccccn1)n1nnc2ccccc2c1=O. The Balaban J connectivity index is 1.80. The predicted octanol–water partition coefficient (Wildman–Crippen LogP) is 1.06. The number of benzene rings is 1. The second kappa shape index (κ2) is 6.35. The van der Waals surface area contributed by atoms with Gasteiger partial charge in [0.15, 0.2) is 0 Å². The summed E-state index contributed by atoms with van der Waals surface area (Å²) in [6.07, 6.45) is 1.66. The molecule has 0 spiro atoms. The zero-order valence-corrected chi connectivity index (χ0v) is 12.5. The summed E-state index contributed by atoms with van der Waals surface area (Å²) >= 11 is 0. The highest BCUT2D eigenvalue weighted by Crippen LogP contribution is 2.07. The Labute approximate surface area is 132 Å². The largest absolute Gasteiger partial charge is 0.349 e. The van der Waals surface area contributed by atoms with E-state index in [9.17, 15) is 9.59 Å². The number of pyridine rings is 1. The summed E-state index contributed by atoms with van der Waals surface area (Å²) in [4.78, 5) is 28.8. The molecule has 7 heteroatoms. The summed E-state index contributed by atoms with van der Waals surface area (Å²) < 4.78 is 1.09. The minimum absolute atomic E-state index is 0.291. The van der Waals surface area contributed by atoms with Gasteiger partial charge >= 0.3 is 0 Å². The van der Waals surface area contributed by atoms with Crippen LogP contribution in [0.5, 0.6) is 0 Å². The van der Waals surface area contributed by atoms with Gasteiger partial charge in [0.05, 0.1) is 17.6 Å². The van der Waals surface area contributed by atoms with Crippen molar-refractivity contribution in [2.75, 3.05) is 0 Å². The predicted molar refractivity (Wildman–Crippen MR) is 84.6 cm³/mol. The lowest BCUT2D eigenvalue weighted by molar-refractivity contribution is -0.124. The van der Waals surface area contributed by atoms with Crippen molar-refractivity contribution in [1.82, 2.24) is 25.3 Å². The van der Waals surface area contributed by atoms with Crippen molar-refractivity contribution in [1.29, 1.82) is 0 Å². The summed E-state index contributed by atoms with van der Waals surface area (Å²) in [5, 5.41) is 11.0. The minimum atomic E-state index is -0.761. The standard InChI is InChI=1S/C16H15N5O2/c1-11(15(22)18-10-12-6-4-5-9-17-12)21-16(23)13-7-2-3-8-14(13)19-20-21/h2-9,11H,10H2,1H3,(H,18,22)/t11-/m1/s1.